The van der Waals surface area contributed by atoms with Gasteiger partial charge in [-0.1, -0.05) is 29.8 Å². The predicted molar refractivity (Wildman–Crippen MR) is 65.7 cm³/mol. The van der Waals surface area contributed by atoms with E-state index < -0.39 is 0 Å². The molecular formula is C11H16BrN3. The Kier molecular flexibility index (Phi) is 3.24. The Balaban J connectivity index is 2.18. The molecule has 0 spiro atoms. The maximum atomic E-state index is 4.33. The van der Waals surface area contributed by atoms with Crippen molar-refractivity contribution in [2.24, 2.45) is 0 Å². The summed E-state index contributed by atoms with van der Waals surface area (Å²) in [6.07, 6.45) is 2.87. The molecule has 1 saturated heterocycles. The zero-order valence-electron chi connectivity index (χ0n) is 9.15. The first-order valence-electron chi connectivity index (χ1n) is 5.38. The van der Waals surface area contributed by atoms with Gasteiger partial charge in [-0.3, -0.25) is 0 Å². The summed E-state index contributed by atoms with van der Waals surface area (Å²) in [5.41, 5.74) is 1.12. The second-order valence-electron chi connectivity index (χ2n) is 4.29. The van der Waals surface area contributed by atoms with Gasteiger partial charge in [0, 0.05) is 29.7 Å². The maximum absolute atomic E-state index is 4.33. The Morgan fingerprint density at radius 1 is 1.47 bits per heavy atom. The molecule has 2 rings (SSSR count). The molecule has 0 aliphatic carbocycles. The van der Waals surface area contributed by atoms with E-state index in [-0.39, 0.29) is 0 Å². The van der Waals surface area contributed by atoms with Crippen molar-refractivity contribution >= 4 is 21.7 Å². The molecule has 0 amide bonds. The van der Waals surface area contributed by atoms with Crippen molar-refractivity contribution in [1.82, 2.24) is 9.97 Å². The molecule has 1 aliphatic rings. The van der Waals surface area contributed by atoms with Crippen LogP contribution in [0.1, 0.15) is 31.9 Å². The van der Waals surface area contributed by atoms with E-state index in [2.05, 4.69) is 50.7 Å². The van der Waals surface area contributed by atoms with Crippen LogP contribution in [0.25, 0.3) is 0 Å². The Labute approximate surface area is 99.0 Å². The van der Waals surface area contributed by atoms with Gasteiger partial charge in [-0.2, -0.15) is 0 Å². The fraction of sp³-hybridized carbons (Fsp3) is 0.636. The van der Waals surface area contributed by atoms with Crippen LogP contribution in [-0.4, -0.2) is 27.9 Å². The lowest BCUT2D eigenvalue weighted by Gasteiger charge is -2.17. The summed E-state index contributed by atoms with van der Waals surface area (Å²) in [4.78, 5) is 11.5. The van der Waals surface area contributed by atoms with Gasteiger partial charge in [0.25, 0.3) is 0 Å². The van der Waals surface area contributed by atoms with E-state index in [1.807, 2.05) is 0 Å². The Bertz CT molecular complexity index is 340. The molecule has 0 aromatic carbocycles. The summed E-state index contributed by atoms with van der Waals surface area (Å²) in [6, 6.07) is 2.11. The van der Waals surface area contributed by atoms with Crippen molar-refractivity contribution in [3.8, 4) is 0 Å². The molecule has 1 aliphatic heterocycles. The van der Waals surface area contributed by atoms with Crippen LogP contribution in [0.5, 0.6) is 0 Å². The molecule has 1 atom stereocenters. The van der Waals surface area contributed by atoms with Crippen molar-refractivity contribution in [1.29, 1.82) is 0 Å². The Morgan fingerprint density at radius 2 is 2.27 bits per heavy atom. The number of alkyl halides is 1. The summed E-state index contributed by atoms with van der Waals surface area (Å²) < 4.78 is 0. The third-order valence-electron chi connectivity index (χ3n) is 2.72. The van der Waals surface area contributed by atoms with Crippen molar-refractivity contribution < 1.29 is 0 Å². The van der Waals surface area contributed by atoms with Crippen molar-refractivity contribution in [2.45, 2.75) is 31.0 Å². The van der Waals surface area contributed by atoms with Crippen LogP contribution < -0.4 is 4.90 Å². The molecule has 4 heteroatoms. The predicted octanol–water partition coefficient (Wildman–Crippen LogP) is 2.57. The van der Waals surface area contributed by atoms with Crippen LogP contribution in [0.3, 0.4) is 0 Å². The van der Waals surface area contributed by atoms with E-state index in [9.17, 15) is 0 Å². The average molecular weight is 270 g/mol. The standard InChI is InChI=1S/C11H16BrN3/c1-8(2)10-5-11(14-7-13-10)15-4-3-9(12)6-15/h5,7-9H,3-4,6H2,1-2H3. The molecule has 0 saturated carbocycles. The smallest absolute Gasteiger partial charge is 0.132 e. The molecule has 3 nitrogen and oxygen atoms in total. The lowest BCUT2D eigenvalue weighted by Crippen LogP contribution is -2.21. The molecule has 0 N–H and O–H groups in total. The van der Waals surface area contributed by atoms with Crippen LogP contribution in [0, 0.1) is 0 Å². The molecule has 1 aromatic rings. The highest BCUT2D eigenvalue weighted by Crippen LogP contribution is 2.23. The number of anilines is 1. The van der Waals surface area contributed by atoms with E-state index in [0.29, 0.717) is 10.7 Å². The molecule has 15 heavy (non-hydrogen) atoms. The first-order chi connectivity index (χ1) is 7.16. The molecule has 1 aromatic heterocycles. The van der Waals surface area contributed by atoms with E-state index >= 15 is 0 Å². The van der Waals surface area contributed by atoms with Crippen molar-refractivity contribution in [3.63, 3.8) is 0 Å². The van der Waals surface area contributed by atoms with E-state index in [1.165, 1.54) is 6.42 Å². The number of rotatable bonds is 2. The number of halogens is 1. The Morgan fingerprint density at radius 3 is 2.87 bits per heavy atom. The first kappa shape index (κ1) is 10.9. The highest BCUT2D eigenvalue weighted by Gasteiger charge is 2.21. The largest absolute Gasteiger partial charge is 0.355 e. The fourth-order valence-electron chi connectivity index (χ4n) is 1.78. The zero-order valence-corrected chi connectivity index (χ0v) is 10.7. The van der Waals surface area contributed by atoms with Crippen LogP contribution in [0.2, 0.25) is 0 Å². The molecule has 0 bridgehead atoms. The molecular weight excluding hydrogens is 254 g/mol. The third kappa shape index (κ3) is 2.48. The van der Waals surface area contributed by atoms with Gasteiger partial charge in [-0.15, -0.1) is 0 Å². The van der Waals surface area contributed by atoms with Gasteiger partial charge in [0.1, 0.15) is 12.1 Å². The highest BCUT2D eigenvalue weighted by atomic mass is 79.9. The topological polar surface area (TPSA) is 29.0 Å². The zero-order chi connectivity index (χ0) is 10.8. The molecule has 2 heterocycles. The average Bonchev–Trinajstić information content (AvgIpc) is 2.65. The van der Waals surface area contributed by atoms with Gasteiger partial charge in [0.2, 0.25) is 0 Å². The minimum atomic E-state index is 0.467. The summed E-state index contributed by atoms with van der Waals surface area (Å²) in [6.45, 7) is 6.45. The van der Waals surface area contributed by atoms with Gasteiger partial charge in [0.15, 0.2) is 0 Å². The van der Waals surface area contributed by atoms with Gasteiger partial charge in [0.05, 0.1) is 0 Å². The van der Waals surface area contributed by atoms with Crippen LogP contribution in [-0.2, 0) is 0 Å². The summed E-state index contributed by atoms with van der Waals surface area (Å²) >= 11 is 3.64. The van der Waals surface area contributed by atoms with Gasteiger partial charge >= 0.3 is 0 Å². The second-order valence-corrected chi connectivity index (χ2v) is 5.58. The normalized spacial score (nSPS) is 21.3. The number of hydrogen-bond donors (Lipinski definition) is 0. The van der Waals surface area contributed by atoms with E-state index in [4.69, 9.17) is 0 Å². The number of nitrogens with zero attached hydrogens (tertiary/aromatic N) is 3. The number of aromatic nitrogens is 2. The fourth-order valence-corrected chi connectivity index (χ4v) is 2.33. The minimum Gasteiger partial charge on any atom is -0.355 e. The minimum absolute atomic E-state index is 0.467. The quantitative estimate of drug-likeness (QED) is 0.773. The summed E-state index contributed by atoms with van der Waals surface area (Å²) in [5.74, 6) is 1.53. The monoisotopic (exact) mass is 269 g/mol. The van der Waals surface area contributed by atoms with E-state index in [1.54, 1.807) is 6.33 Å². The Hall–Kier alpha value is -0.640. The highest BCUT2D eigenvalue weighted by molar-refractivity contribution is 9.09. The molecule has 0 radical (unpaired) electrons. The van der Waals surface area contributed by atoms with Crippen molar-refractivity contribution in [3.05, 3.63) is 18.1 Å². The summed E-state index contributed by atoms with van der Waals surface area (Å²) in [7, 11) is 0. The summed E-state index contributed by atoms with van der Waals surface area (Å²) in [5, 5.41) is 0. The van der Waals surface area contributed by atoms with Crippen LogP contribution >= 0.6 is 15.9 Å². The van der Waals surface area contributed by atoms with Gasteiger partial charge in [-0.25, -0.2) is 9.97 Å². The maximum Gasteiger partial charge on any atom is 0.132 e. The SMILES string of the molecule is CC(C)c1cc(N2CCC(Br)C2)ncn1. The molecule has 1 fully saturated rings. The van der Waals surface area contributed by atoms with Crippen molar-refractivity contribution in [2.75, 3.05) is 18.0 Å². The van der Waals surface area contributed by atoms with E-state index in [0.717, 1.165) is 24.6 Å². The number of hydrogen-bond acceptors (Lipinski definition) is 3. The third-order valence-corrected chi connectivity index (χ3v) is 3.47. The lowest BCUT2D eigenvalue weighted by atomic mass is 10.1. The van der Waals surface area contributed by atoms with Crippen LogP contribution in [0.4, 0.5) is 5.82 Å². The second kappa shape index (κ2) is 4.47. The van der Waals surface area contributed by atoms with Gasteiger partial charge in [-0.05, 0) is 12.3 Å². The lowest BCUT2D eigenvalue weighted by molar-refractivity contribution is 0.805. The van der Waals surface area contributed by atoms with Crippen LogP contribution in [0.15, 0.2) is 12.4 Å². The molecule has 82 valence electrons. The first-order valence-corrected chi connectivity index (χ1v) is 6.29. The molecule has 1 unspecified atom stereocenters. The van der Waals surface area contributed by atoms with Gasteiger partial charge < -0.3 is 4.90 Å².